The smallest absolute Gasteiger partial charge is 0.0458 e. The summed E-state index contributed by atoms with van der Waals surface area (Å²) in [4.78, 5) is 2.60. The van der Waals surface area contributed by atoms with Crippen LogP contribution in [0.3, 0.4) is 0 Å². The van der Waals surface area contributed by atoms with E-state index in [1.54, 1.807) is 0 Å². The van der Waals surface area contributed by atoms with Gasteiger partial charge in [0.05, 0.1) is 0 Å². The quantitative estimate of drug-likeness (QED) is 0.841. The van der Waals surface area contributed by atoms with Gasteiger partial charge in [0, 0.05) is 28.8 Å². The van der Waals surface area contributed by atoms with Gasteiger partial charge < -0.3 is 5.73 Å². The molecular formula is C14H21BrN2. The average molecular weight is 297 g/mol. The number of nitrogens with two attached hydrogens (primary N) is 1. The maximum atomic E-state index is 5.82. The second-order valence-electron chi connectivity index (χ2n) is 5.16. The summed E-state index contributed by atoms with van der Waals surface area (Å²) in [5.41, 5.74) is 7.97. The van der Waals surface area contributed by atoms with Crippen molar-refractivity contribution in [2.45, 2.75) is 51.7 Å². The molecule has 0 radical (unpaired) electrons. The second kappa shape index (κ2) is 5.40. The van der Waals surface area contributed by atoms with Gasteiger partial charge in [0.15, 0.2) is 0 Å². The van der Waals surface area contributed by atoms with Crippen molar-refractivity contribution in [3.05, 3.63) is 28.2 Å². The third-order valence-corrected chi connectivity index (χ3v) is 4.49. The molecule has 1 aromatic carbocycles. The first kappa shape index (κ1) is 12.9. The Morgan fingerprint density at radius 3 is 2.53 bits per heavy atom. The first-order chi connectivity index (χ1) is 8.08. The van der Waals surface area contributed by atoms with Crippen LogP contribution in [-0.2, 0) is 6.54 Å². The fourth-order valence-corrected chi connectivity index (χ4v) is 3.09. The lowest BCUT2D eigenvalue weighted by atomic mass is 9.97. The Labute approximate surface area is 112 Å². The highest BCUT2D eigenvalue weighted by molar-refractivity contribution is 9.10. The van der Waals surface area contributed by atoms with E-state index in [4.69, 9.17) is 5.73 Å². The zero-order chi connectivity index (χ0) is 12.4. The lowest BCUT2D eigenvalue weighted by Crippen LogP contribution is -2.42. The Bertz CT molecular complexity index is 382. The Balaban J connectivity index is 2.10. The van der Waals surface area contributed by atoms with Crippen molar-refractivity contribution < 1.29 is 0 Å². The average Bonchev–Trinajstić information content (AvgIpc) is 2.28. The fourth-order valence-electron chi connectivity index (χ4n) is 2.67. The van der Waals surface area contributed by atoms with Crippen LogP contribution in [0, 0.1) is 0 Å². The molecule has 0 amide bonds. The Hall–Kier alpha value is -0.540. The van der Waals surface area contributed by atoms with Gasteiger partial charge in [0.1, 0.15) is 0 Å². The molecule has 1 aliphatic rings. The molecule has 1 aliphatic heterocycles. The van der Waals surface area contributed by atoms with Crippen LogP contribution in [-0.4, -0.2) is 17.0 Å². The van der Waals surface area contributed by atoms with Gasteiger partial charge in [-0.05, 0) is 60.3 Å². The first-order valence-corrected chi connectivity index (χ1v) is 7.17. The van der Waals surface area contributed by atoms with Gasteiger partial charge in [0.25, 0.3) is 0 Å². The van der Waals surface area contributed by atoms with Gasteiger partial charge >= 0.3 is 0 Å². The summed E-state index contributed by atoms with van der Waals surface area (Å²) >= 11 is 3.50. The zero-order valence-corrected chi connectivity index (χ0v) is 12.2. The van der Waals surface area contributed by atoms with Crippen molar-refractivity contribution in [3.8, 4) is 0 Å². The second-order valence-corrected chi connectivity index (χ2v) is 6.01. The Morgan fingerprint density at radius 1 is 1.29 bits per heavy atom. The predicted molar refractivity (Wildman–Crippen MR) is 76.9 cm³/mol. The molecule has 2 nitrogen and oxygen atoms in total. The SMILES string of the molecule is CC1CCCC(C)N1Cc1ccc(N)c(Br)c1. The lowest BCUT2D eigenvalue weighted by molar-refractivity contribution is 0.0953. The number of nitrogen functional groups attached to an aromatic ring is 1. The van der Waals surface area contributed by atoms with Crippen molar-refractivity contribution in [2.24, 2.45) is 0 Å². The molecular weight excluding hydrogens is 276 g/mol. The summed E-state index contributed by atoms with van der Waals surface area (Å²) in [6.07, 6.45) is 4.01. The standard InChI is InChI=1S/C14H21BrN2/c1-10-4-3-5-11(2)17(10)9-12-6-7-14(16)13(15)8-12/h6-8,10-11H,3-5,9,16H2,1-2H3. The van der Waals surface area contributed by atoms with E-state index in [9.17, 15) is 0 Å². The minimum atomic E-state index is 0.690. The van der Waals surface area contributed by atoms with Crippen molar-refractivity contribution in [1.29, 1.82) is 0 Å². The molecule has 1 aromatic rings. The van der Waals surface area contributed by atoms with Crippen LogP contribution in [0.1, 0.15) is 38.7 Å². The molecule has 94 valence electrons. The number of anilines is 1. The topological polar surface area (TPSA) is 29.3 Å². The fraction of sp³-hybridized carbons (Fsp3) is 0.571. The molecule has 2 N–H and O–H groups in total. The number of likely N-dealkylation sites (tertiary alicyclic amines) is 1. The summed E-state index contributed by atoms with van der Waals surface area (Å²) in [6.45, 7) is 5.70. The summed E-state index contributed by atoms with van der Waals surface area (Å²) in [5.74, 6) is 0. The minimum absolute atomic E-state index is 0.690. The highest BCUT2D eigenvalue weighted by Gasteiger charge is 2.24. The van der Waals surface area contributed by atoms with Gasteiger partial charge in [0.2, 0.25) is 0 Å². The number of halogens is 1. The third-order valence-electron chi connectivity index (χ3n) is 3.81. The molecule has 17 heavy (non-hydrogen) atoms. The molecule has 2 atom stereocenters. The number of piperidine rings is 1. The van der Waals surface area contributed by atoms with Gasteiger partial charge in [-0.1, -0.05) is 12.5 Å². The highest BCUT2D eigenvalue weighted by Crippen LogP contribution is 2.26. The van der Waals surface area contributed by atoms with E-state index in [2.05, 4.69) is 46.8 Å². The molecule has 0 aromatic heterocycles. The minimum Gasteiger partial charge on any atom is -0.398 e. The van der Waals surface area contributed by atoms with E-state index in [0.29, 0.717) is 12.1 Å². The van der Waals surface area contributed by atoms with Gasteiger partial charge in [-0.15, -0.1) is 0 Å². The predicted octanol–water partition coefficient (Wildman–Crippen LogP) is 3.79. The van der Waals surface area contributed by atoms with E-state index in [1.165, 1.54) is 24.8 Å². The lowest BCUT2D eigenvalue weighted by Gasteiger charge is -2.39. The number of benzene rings is 1. The zero-order valence-electron chi connectivity index (χ0n) is 10.6. The van der Waals surface area contributed by atoms with Crippen molar-refractivity contribution in [1.82, 2.24) is 4.90 Å². The monoisotopic (exact) mass is 296 g/mol. The normalized spacial score (nSPS) is 26.1. The van der Waals surface area contributed by atoms with Crippen LogP contribution in [0.25, 0.3) is 0 Å². The van der Waals surface area contributed by atoms with E-state index in [0.717, 1.165) is 16.7 Å². The van der Waals surface area contributed by atoms with Crippen LogP contribution < -0.4 is 5.73 Å². The van der Waals surface area contributed by atoms with Crippen LogP contribution in [0.15, 0.2) is 22.7 Å². The Kier molecular flexibility index (Phi) is 4.10. The molecule has 0 bridgehead atoms. The van der Waals surface area contributed by atoms with Crippen LogP contribution in [0.2, 0.25) is 0 Å². The molecule has 3 heteroatoms. The van der Waals surface area contributed by atoms with E-state index in [-0.39, 0.29) is 0 Å². The van der Waals surface area contributed by atoms with Crippen molar-refractivity contribution >= 4 is 21.6 Å². The molecule has 1 fully saturated rings. The maximum absolute atomic E-state index is 5.82. The van der Waals surface area contributed by atoms with Crippen molar-refractivity contribution in [3.63, 3.8) is 0 Å². The molecule has 0 saturated carbocycles. The number of hydrogen-bond acceptors (Lipinski definition) is 2. The van der Waals surface area contributed by atoms with E-state index in [1.807, 2.05) is 6.07 Å². The van der Waals surface area contributed by atoms with Crippen molar-refractivity contribution in [2.75, 3.05) is 5.73 Å². The highest BCUT2D eigenvalue weighted by atomic mass is 79.9. The van der Waals surface area contributed by atoms with Crippen LogP contribution in [0.4, 0.5) is 5.69 Å². The van der Waals surface area contributed by atoms with Crippen LogP contribution in [0.5, 0.6) is 0 Å². The number of hydrogen-bond donors (Lipinski definition) is 1. The van der Waals surface area contributed by atoms with E-state index < -0.39 is 0 Å². The summed E-state index contributed by atoms with van der Waals surface area (Å²) < 4.78 is 1.01. The molecule has 0 aliphatic carbocycles. The number of rotatable bonds is 2. The maximum Gasteiger partial charge on any atom is 0.0458 e. The summed E-state index contributed by atoms with van der Waals surface area (Å²) in [7, 11) is 0. The van der Waals surface area contributed by atoms with Gasteiger partial charge in [-0.2, -0.15) is 0 Å². The van der Waals surface area contributed by atoms with Gasteiger partial charge in [-0.3, -0.25) is 4.90 Å². The summed E-state index contributed by atoms with van der Waals surface area (Å²) in [6, 6.07) is 7.64. The summed E-state index contributed by atoms with van der Waals surface area (Å²) in [5, 5.41) is 0. The third kappa shape index (κ3) is 3.02. The number of nitrogens with zero attached hydrogens (tertiary/aromatic N) is 1. The molecule has 1 saturated heterocycles. The molecule has 2 unspecified atom stereocenters. The van der Waals surface area contributed by atoms with Crippen LogP contribution >= 0.6 is 15.9 Å². The molecule has 2 rings (SSSR count). The molecule has 1 heterocycles. The Morgan fingerprint density at radius 2 is 1.94 bits per heavy atom. The van der Waals surface area contributed by atoms with E-state index >= 15 is 0 Å². The molecule has 0 spiro atoms. The first-order valence-electron chi connectivity index (χ1n) is 6.37. The van der Waals surface area contributed by atoms with Gasteiger partial charge in [-0.25, -0.2) is 0 Å². The largest absolute Gasteiger partial charge is 0.398 e.